The quantitative estimate of drug-likeness (QED) is 0.576. The summed E-state index contributed by atoms with van der Waals surface area (Å²) in [7, 11) is 0. The summed E-state index contributed by atoms with van der Waals surface area (Å²) in [4.78, 5) is 39.3. The zero-order valence-electron chi connectivity index (χ0n) is 20.5. The Morgan fingerprint density at radius 2 is 1.63 bits per heavy atom. The number of hydrogen-bond donors (Lipinski definition) is 2. The minimum atomic E-state index is -0.863. The van der Waals surface area contributed by atoms with E-state index in [1.807, 2.05) is 38.1 Å². The van der Waals surface area contributed by atoms with Gasteiger partial charge in [-0.1, -0.05) is 62.4 Å². The summed E-state index contributed by atoms with van der Waals surface area (Å²) >= 11 is 0. The number of carbonyl (C=O) groups is 3. The Balaban J connectivity index is 1.39. The van der Waals surface area contributed by atoms with E-state index in [1.54, 1.807) is 4.90 Å². The highest BCUT2D eigenvalue weighted by Crippen LogP contribution is 2.44. The number of likely N-dealkylation sites (tertiary alicyclic amines) is 1. The van der Waals surface area contributed by atoms with Gasteiger partial charge in [0.2, 0.25) is 5.91 Å². The highest BCUT2D eigenvalue weighted by Gasteiger charge is 2.41. The molecule has 1 saturated heterocycles. The first kappa shape index (κ1) is 24.8. The molecule has 1 aliphatic carbocycles. The van der Waals surface area contributed by atoms with E-state index in [9.17, 15) is 19.5 Å². The number of nitrogens with one attached hydrogen (secondary N) is 1. The zero-order valence-corrected chi connectivity index (χ0v) is 20.5. The van der Waals surface area contributed by atoms with Crippen LogP contribution in [0.5, 0.6) is 0 Å². The summed E-state index contributed by atoms with van der Waals surface area (Å²) in [5.74, 6) is -1.52. The fourth-order valence-electron chi connectivity index (χ4n) is 5.47. The maximum absolute atomic E-state index is 13.4. The van der Waals surface area contributed by atoms with Crippen LogP contribution in [-0.4, -0.2) is 54.2 Å². The number of benzene rings is 2. The molecule has 7 nitrogen and oxygen atoms in total. The lowest BCUT2D eigenvalue weighted by molar-refractivity contribution is -0.149. The minimum Gasteiger partial charge on any atom is -0.481 e. The van der Waals surface area contributed by atoms with Crippen LogP contribution in [-0.2, 0) is 14.3 Å². The van der Waals surface area contributed by atoms with Crippen molar-refractivity contribution in [2.24, 2.45) is 11.3 Å². The second-order valence-corrected chi connectivity index (χ2v) is 9.60. The van der Waals surface area contributed by atoms with Crippen molar-refractivity contribution in [2.45, 2.75) is 45.4 Å². The molecule has 1 heterocycles. The monoisotopic (exact) mass is 478 g/mol. The van der Waals surface area contributed by atoms with Gasteiger partial charge in [-0.25, -0.2) is 4.79 Å². The van der Waals surface area contributed by atoms with Crippen LogP contribution in [0.3, 0.4) is 0 Å². The number of carbonyl (C=O) groups excluding carboxylic acids is 2. The van der Waals surface area contributed by atoms with Gasteiger partial charge in [-0.05, 0) is 47.9 Å². The first-order valence-electron chi connectivity index (χ1n) is 12.5. The van der Waals surface area contributed by atoms with Gasteiger partial charge in [0.05, 0.1) is 11.3 Å². The summed E-state index contributed by atoms with van der Waals surface area (Å²) in [6, 6.07) is 16.3. The van der Waals surface area contributed by atoms with Crippen LogP contribution >= 0.6 is 0 Å². The number of hydrogen-bond acceptors (Lipinski definition) is 4. The van der Waals surface area contributed by atoms with E-state index < -0.39 is 23.4 Å². The molecule has 1 aliphatic heterocycles. The smallest absolute Gasteiger partial charge is 0.407 e. The lowest BCUT2D eigenvalue weighted by Gasteiger charge is -2.39. The third-order valence-corrected chi connectivity index (χ3v) is 7.78. The molecule has 2 aromatic carbocycles. The van der Waals surface area contributed by atoms with Crippen molar-refractivity contribution in [3.05, 3.63) is 59.7 Å². The third-order valence-electron chi connectivity index (χ3n) is 7.78. The number of rotatable bonds is 8. The maximum Gasteiger partial charge on any atom is 0.407 e. The van der Waals surface area contributed by atoms with Gasteiger partial charge in [0.25, 0.3) is 0 Å². The molecule has 2 aromatic rings. The molecule has 0 unspecified atom stereocenters. The summed E-state index contributed by atoms with van der Waals surface area (Å²) < 4.78 is 5.65. The summed E-state index contributed by atoms with van der Waals surface area (Å²) in [6.07, 6.45) is 1.79. The topological polar surface area (TPSA) is 95.9 Å². The van der Waals surface area contributed by atoms with E-state index >= 15 is 0 Å². The van der Waals surface area contributed by atoms with Gasteiger partial charge in [-0.2, -0.15) is 0 Å². The van der Waals surface area contributed by atoms with Crippen molar-refractivity contribution in [3.63, 3.8) is 0 Å². The van der Waals surface area contributed by atoms with E-state index in [0.717, 1.165) is 11.1 Å². The maximum atomic E-state index is 13.4. The van der Waals surface area contributed by atoms with Gasteiger partial charge >= 0.3 is 12.1 Å². The van der Waals surface area contributed by atoms with Gasteiger partial charge in [-0.15, -0.1) is 0 Å². The largest absolute Gasteiger partial charge is 0.481 e. The predicted molar refractivity (Wildman–Crippen MR) is 133 cm³/mol. The van der Waals surface area contributed by atoms with Crippen molar-refractivity contribution in [1.82, 2.24) is 10.2 Å². The number of carboxylic acids is 1. The van der Waals surface area contributed by atoms with Crippen molar-refractivity contribution in [1.29, 1.82) is 0 Å². The average Bonchev–Trinajstić information content (AvgIpc) is 3.22. The number of amides is 2. The van der Waals surface area contributed by atoms with Crippen LogP contribution in [0.2, 0.25) is 0 Å². The molecule has 0 spiro atoms. The molecule has 2 amide bonds. The number of ether oxygens (including phenoxy) is 1. The minimum absolute atomic E-state index is 0.0295. The van der Waals surface area contributed by atoms with Gasteiger partial charge in [0.15, 0.2) is 0 Å². The Morgan fingerprint density at radius 1 is 1.03 bits per heavy atom. The molecule has 4 rings (SSSR count). The van der Waals surface area contributed by atoms with E-state index in [-0.39, 0.29) is 31.5 Å². The Labute approximate surface area is 206 Å². The number of piperidine rings is 1. The number of fused-ring (bicyclic) bond motifs is 3. The van der Waals surface area contributed by atoms with E-state index in [0.29, 0.717) is 32.2 Å². The van der Waals surface area contributed by atoms with Crippen LogP contribution in [0.15, 0.2) is 48.5 Å². The first-order valence-corrected chi connectivity index (χ1v) is 12.5. The fourth-order valence-corrected chi connectivity index (χ4v) is 5.47. The highest BCUT2D eigenvalue weighted by molar-refractivity contribution is 5.84. The number of aliphatic carboxylic acids is 1. The zero-order chi connectivity index (χ0) is 25.0. The summed E-state index contributed by atoms with van der Waals surface area (Å²) in [5.41, 5.74) is 3.84. The standard InChI is InChI=1S/C28H34N2O5/c1-3-28(4-2,26(33)30-15-9-10-19(16-30)25(31)32)18-29-27(34)35-17-24-22-13-7-5-11-20(22)21-12-6-8-14-23(21)24/h5-8,11-14,19,24H,3-4,9-10,15-18H2,1-2H3,(H,29,34)(H,31,32)/t19-/m1/s1. The number of alkyl carbamates (subject to hydrolysis) is 1. The van der Waals surface area contributed by atoms with Crippen LogP contribution in [0.25, 0.3) is 11.1 Å². The first-order chi connectivity index (χ1) is 16.9. The highest BCUT2D eigenvalue weighted by atomic mass is 16.5. The van der Waals surface area contributed by atoms with Crippen LogP contribution in [0.4, 0.5) is 4.79 Å². The van der Waals surface area contributed by atoms with Crippen LogP contribution in [0.1, 0.15) is 56.6 Å². The summed E-state index contributed by atoms with van der Waals surface area (Å²) in [5, 5.41) is 12.2. The molecule has 35 heavy (non-hydrogen) atoms. The van der Waals surface area contributed by atoms with Gasteiger partial charge in [-0.3, -0.25) is 9.59 Å². The molecule has 2 N–H and O–H groups in total. The van der Waals surface area contributed by atoms with Crippen molar-refractivity contribution in [2.75, 3.05) is 26.2 Å². The Morgan fingerprint density at radius 3 is 2.20 bits per heavy atom. The summed E-state index contributed by atoms with van der Waals surface area (Å²) in [6.45, 7) is 5.00. The second kappa shape index (κ2) is 10.5. The third kappa shape index (κ3) is 4.90. The fraction of sp³-hybridized carbons (Fsp3) is 0.464. The molecular formula is C28H34N2O5. The molecule has 1 fully saturated rings. The van der Waals surface area contributed by atoms with Crippen LogP contribution < -0.4 is 5.32 Å². The SMILES string of the molecule is CCC(CC)(CNC(=O)OCC1c2ccccc2-c2ccccc21)C(=O)N1CCC[C@@H](C(=O)O)C1. The van der Waals surface area contributed by atoms with Gasteiger partial charge in [0.1, 0.15) is 6.61 Å². The average molecular weight is 479 g/mol. The predicted octanol–water partition coefficient (Wildman–Crippen LogP) is 4.65. The Hall–Kier alpha value is -3.35. The van der Waals surface area contributed by atoms with Crippen molar-refractivity contribution in [3.8, 4) is 11.1 Å². The normalized spacial score (nSPS) is 17.4. The van der Waals surface area contributed by atoms with Gasteiger partial charge < -0.3 is 20.1 Å². The molecule has 1 atom stereocenters. The Kier molecular flexibility index (Phi) is 7.43. The van der Waals surface area contributed by atoms with Gasteiger partial charge in [0, 0.05) is 25.6 Å². The molecule has 0 saturated carbocycles. The number of nitrogens with zero attached hydrogens (tertiary/aromatic N) is 1. The number of carboxylic acid groups (broad SMARTS) is 1. The Bertz CT molecular complexity index is 1050. The van der Waals surface area contributed by atoms with E-state index in [4.69, 9.17) is 4.74 Å². The lowest BCUT2D eigenvalue weighted by atomic mass is 9.80. The van der Waals surface area contributed by atoms with Crippen molar-refractivity contribution >= 4 is 18.0 Å². The molecule has 2 aliphatic rings. The second-order valence-electron chi connectivity index (χ2n) is 9.60. The molecule has 0 radical (unpaired) electrons. The van der Waals surface area contributed by atoms with E-state index in [1.165, 1.54) is 11.1 Å². The molecule has 7 heteroatoms. The van der Waals surface area contributed by atoms with E-state index in [2.05, 4.69) is 29.6 Å². The molecule has 186 valence electrons. The molecule has 0 bridgehead atoms. The van der Waals surface area contributed by atoms with Crippen molar-refractivity contribution < 1.29 is 24.2 Å². The molecular weight excluding hydrogens is 444 g/mol. The van der Waals surface area contributed by atoms with Crippen LogP contribution in [0, 0.1) is 11.3 Å². The lowest BCUT2D eigenvalue weighted by Crippen LogP contribution is -2.53. The molecule has 0 aromatic heterocycles.